The van der Waals surface area contributed by atoms with E-state index in [0.717, 1.165) is 11.1 Å². The average molecular weight is 393 g/mol. The number of carbonyl (C=O) groups is 2. The fourth-order valence-electron chi connectivity index (χ4n) is 2.93. The number of aromatic nitrogens is 2. The lowest BCUT2D eigenvalue weighted by Crippen LogP contribution is -2.23. The van der Waals surface area contributed by atoms with Crippen molar-refractivity contribution < 1.29 is 19.1 Å². The Morgan fingerprint density at radius 1 is 1.07 bits per heavy atom. The number of hydrogen-bond acceptors (Lipinski definition) is 5. The highest BCUT2D eigenvalue weighted by molar-refractivity contribution is 6.00. The number of esters is 1. The number of rotatable bonds is 7. The summed E-state index contributed by atoms with van der Waals surface area (Å²) >= 11 is 0. The molecule has 0 saturated heterocycles. The molecule has 2 aromatic carbocycles. The van der Waals surface area contributed by atoms with Crippen LogP contribution in [0.3, 0.4) is 0 Å². The van der Waals surface area contributed by atoms with Crippen LogP contribution in [0.25, 0.3) is 5.69 Å². The maximum Gasteiger partial charge on any atom is 0.343 e. The van der Waals surface area contributed by atoms with E-state index in [1.165, 1.54) is 10.9 Å². The van der Waals surface area contributed by atoms with Gasteiger partial charge in [0.2, 0.25) is 0 Å². The molecule has 7 heteroatoms. The van der Waals surface area contributed by atoms with Crippen LogP contribution in [0.2, 0.25) is 0 Å². The first-order valence-corrected chi connectivity index (χ1v) is 9.29. The van der Waals surface area contributed by atoms with Gasteiger partial charge >= 0.3 is 5.97 Å². The lowest BCUT2D eigenvalue weighted by atomic mass is 10.1. The van der Waals surface area contributed by atoms with E-state index in [1.54, 1.807) is 6.92 Å². The molecule has 0 radical (unpaired) electrons. The normalized spacial score (nSPS) is 10.4. The number of nitrogens with one attached hydrogen (secondary N) is 1. The number of aryl methyl sites for hydroxylation is 2. The third kappa shape index (κ3) is 5.01. The van der Waals surface area contributed by atoms with Crippen LogP contribution in [0.5, 0.6) is 5.75 Å². The first-order chi connectivity index (χ1) is 14.0. The van der Waals surface area contributed by atoms with Gasteiger partial charge in [0.05, 0.1) is 18.5 Å². The molecule has 0 fully saturated rings. The molecular weight excluding hydrogens is 370 g/mol. The second-order valence-electron chi connectivity index (χ2n) is 6.53. The Morgan fingerprint density at radius 3 is 2.41 bits per heavy atom. The highest BCUT2D eigenvalue weighted by Crippen LogP contribution is 2.22. The molecule has 0 aliphatic carbocycles. The third-order valence-corrected chi connectivity index (χ3v) is 4.09. The van der Waals surface area contributed by atoms with Crippen LogP contribution in [0.15, 0.2) is 54.7 Å². The van der Waals surface area contributed by atoms with Crippen LogP contribution >= 0.6 is 0 Å². The van der Waals surface area contributed by atoms with Crippen LogP contribution in [-0.4, -0.2) is 34.9 Å². The molecule has 0 saturated carbocycles. The van der Waals surface area contributed by atoms with Crippen LogP contribution in [0.1, 0.15) is 28.4 Å². The van der Waals surface area contributed by atoms with Crippen LogP contribution < -0.4 is 10.1 Å². The smallest absolute Gasteiger partial charge is 0.343 e. The molecule has 7 nitrogen and oxygen atoms in total. The van der Waals surface area contributed by atoms with E-state index in [2.05, 4.69) is 10.4 Å². The topological polar surface area (TPSA) is 82.5 Å². The molecule has 29 heavy (non-hydrogen) atoms. The van der Waals surface area contributed by atoms with E-state index in [4.69, 9.17) is 9.47 Å². The Kier molecular flexibility index (Phi) is 6.29. The van der Waals surface area contributed by atoms with E-state index in [0.29, 0.717) is 11.4 Å². The van der Waals surface area contributed by atoms with Gasteiger partial charge < -0.3 is 14.8 Å². The summed E-state index contributed by atoms with van der Waals surface area (Å²) in [5, 5.41) is 6.98. The van der Waals surface area contributed by atoms with Crippen molar-refractivity contribution in [2.24, 2.45) is 0 Å². The van der Waals surface area contributed by atoms with E-state index in [1.807, 2.05) is 62.4 Å². The minimum Gasteiger partial charge on any atom is -0.484 e. The van der Waals surface area contributed by atoms with Crippen molar-refractivity contribution in [1.82, 2.24) is 9.78 Å². The molecule has 150 valence electrons. The second-order valence-corrected chi connectivity index (χ2v) is 6.53. The molecular formula is C22H23N3O4. The Labute approximate surface area is 169 Å². The monoisotopic (exact) mass is 393 g/mol. The van der Waals surface area contributed by atoms with Gasteiger partial charge in [-0.3, -0.25) is 4.79 Å². The first-order valence-electron chi connectivity index (χ1n) is 9.29. The minimum atomic E-state index is -0.555. The average Bonchev–Trinajstić information content (AvgIpc) is 3.10. The van der Waals surface area contributed by atoms with Crippen molar-refractivity contribution in [3.8, 4) is 11.4 Å². The number of benzene rings is 2. The van der Waals surface area contributed by atoms with Crippen molar-refractivity contribution in [2.45, 2.75) is 20.8 Å². The molecule has 1 heterocycles. The summed E-state index contributed by atoms with van der Waals surface area (Å²) in [6.07, 6.45) is 1.38. The highest BCUT2D eigenvalue weighted by atomic mass is 16.5. The number of ether oxygens (including phenoxy) is 2. The van der Waals surface area contributed by atoms with Gasteiger partial charge in [0.25, 0.3) is 5.91 Å². The molecule has 1 amide bonds. The number of nitrogens with zero attached hydrogens (tertiary/aromatic N) is 2. The quantitative estimate of drug-likeness (QED) is 0.619. The lowest BCUT2D eigenvalue weighted by molar-refractivity contribution is -0.118. The molecule has 3 aromatic rings. The van der Waals surface area contributed by atoms with E-state index >= 15 is 0 Å². The van der Waals surface area contributed by atoms with Gasteiger partial charge in [-0.05, 0) is 56.2 Å². The highest BCUT2D eigenvalue weighted by Gasteiger charge is 2.21. The predicted octanol–water partition coefficient (Wildman–Crippen LogP) is 3.68. The lowest BCUT2D eigenvalue weighted by Gasteiger charge is -2.12. The molecule has 0 unspecified atom stereocenters. The molecule has 1 N–H and O–H groups in total. The number of anilines is 1. The molecule has 0 aliphatic heterocycles. The van der Waals surface area contributed by atoms with Crippen LogP contribution in [-0.2, 0) is 9.53 Å². The van der Waals surface area contributed by atoms with E-state index in [-0.39, 0.29) is 24.6 Å². The van der Waals surface area contributed by atoms with Crippen molar-refractivity contribution in [1.29, 1.82) is 0 Å². The minimum absolute atomic E-state index is 0.176. The molecule has 0 aliphatic rings. The summed E-state index contributed by atoms with van der Waals surface area (Å²) in [5.41, 5.74) is 2.98. The van der Waals surface area contributed by atoms with Gasteiger partial charge in [-0.15, -0.1) is 0 Å². The van der Waals surface area contributed by atoms with Gasteiger partial charge in [0.1, 0.15) is 11.3 Å². The maximum atomic E-state index is 12.5. The fraction of sp³-hybridized carbons (Fsp3) is 0.227. The summed E-state index contributed by atoms with van der Waals surface area (Å²) in [7, 11) is 0. The summed E-state index contributed by atoms with van der Waals surface area (Å²) in [5.74, 6) is -0.115. The number of hydrogen-bond donors (Lipinski definition) is 1. The van der Waals surface area contributed by atoms with E-state index in [9.17, 15) is 9.59 Å². The van der Waals surface area contributed by atoms with Crippen molar-refractivity contribution in [3.63, 3.8) is 0 Å². The third-order valence-electron chi connectivity index (χ3n) is 4.09. The number of amides is 1. The summed E-state index contributed by atoms with van der Waals surface area (Å²) in [6.45, 7) is 5.66. The van der Waals surface area contributed by atoms with Gasteiger partial charge in [-0.2, -0.15) is 5.10 Å². The maximum absolute atomic E-state index is 12.5. The SMILES string of the molecule is CCOC(=O)c1cnn(-c2ccccc2)c1NC(=O)COc1cc(C)cc(C)c1. The summed E-state index contributed by atoms with van der Waals surface area (Å²) in [6, 6.07) is 14.9. The number of carbonyl (C=O) groups excluding carboxylic acids is 2. The molecule has 1 aromatic heterocycles. The Morgan fingerprint density at radius 2 is 1.76 bits per heavy atom. The van der Waals surface area contributed by atoms with Gasteiger partial charge in [0, 0.05) is 0 Å². The van der Waals surface area contributed by atoms with Gasteiger partial charge in [-0.25, -0.2) is 9.48 Å². The Balaban J connectivity index is 1.81. The van der Waals surface area contributed by atoms with E-state index < -0.39 is 11.9 Å². The zero-order chi connectivity index (χ0) is 20.8. The van der Waals surface area contributed by atoms with Crippen molar-refractivity contribution >= 4 is 17.7 Å². The zero-order valence-corrected chi connectivity index (χ0v) is 16.6. The molecule has 0 bridgehead atoms. The molecule has 0 spiro atoms. The van der Waals surface area contributed by atoms with Crippen molar-refractivity contribution in [2.75, 3.05) is 18.5 Å². The molecule has 3 rings (SSSR count). The Bertz CT molecular complexity index is 992. The number of para-hydroxylation sites is 1. The van der Waals surface area contributed by atoms with Gasteiger partial charge in [0.15, 0.2) is 12.4 Å². The predicted molar refractivity (Wildman–Crippen MR) is 110 cm³/mol. The van der Waals surface area contributed by atoms with Gasteiger partial charge in [-0.1, -0.05) is 24.3 Å². The standard InChI is InChI=1S/C22H23N3O4/c1-4-28-22(27)19-13-23-25(17-8-6-5-7-9-17)21(19)24-20(26)14-29-18-11-15(2)10-16(3)12-18/h5-13H,4,14H2,1-3H3,(H,24,26). The summed E-state index contributed by atoms with van der Waals surface area (Å²) in [4.78, 5) is 24.8. The van der Waals surface area contributed by atoms with Crippen LogP contribution in [0, 0.1) is 13.8 Å². The molecule has 0 atom stereocenters. The fourth-order valence-corrected chi connectivity index (χ4v) is 2.93. The summed E-state index contributed by atoms with van der Waals surface area (Å²) < 4.78 is 12.2. The zero-order valence-electron chi connectivity index (χ0n) is 16.6. The second kappa shape index (κ2) is 9.05. The Hall–Kier alpha value is -3.61. The van der Waals surface area contributed by atoms with Crippen LogP contribution in [0.4, 0.5) is 5.82 Å². The largest absolute Gasteiger partial charge is 0.484 e. The first kappa shape index (κ1) is 20.1. The van der Waals surface area contributed by atoms with Crippen molar-refractivity contribution in [3.05, 3.63) is 71.4 Å².